The van der Waals surface area contributed by atoms with Crippen molar-refractivity contribution in [3.8, 4) is 0 Å². The summed E-state index contributed by atoms with van der Waals surface area (Å²) in [5.74, 6) is 0.802. The highest BCUT2D eigenvalue weighted by Crippen LogP contribution is 2.41. The van der Waals surface area contributed by atoms with Gasteiger partial charge in [-0.05, 0) is 52.2 Å². The van der Waals surface area contributed by atoms with Crippen LogP contribution in [0.25, 0.3) is 0 Å². The number of carbonyl (C=O) groups excluding carboxylic acids is 1. The molecule has 5 nitrogen and oxygen atoms in total. The van der Waals surface area contributed by atoms with Crippen molar-refractivity contribution in [2.45, 2.75) is 58.7 Å². The number of anilines is 1. The molecule has 1 saturated heterocycles. The molecule has 1 amide bonds. The molecule has 1 aromatic heterocycles. The van der Waals surface area contributed by atoms with Gasteiger partial charge in [0.1, 0.15) is 0 Å². The van der Waals surface area contributed by atoms with Crippen LogP contribution in [-0.2, 0) is 14.1 Å². The molecule has 2 aliphatic rings. The van der Waals surface area contributed by atoms with Crippen molar-refractivity contribution in [1.82, 2.24) is 4.98 Å². The molecule has 0 radical (unpaired) electrons. The van der Waals surface area contributed by atoms with E-state index in [1.807, 2.05) is 33.8 Å². The molecule has 2 unspecified atom stereocenters. The maximum Gasteiger partial charge on any atom is 0.514 e. The summed E-state index contributed by atoms with van der Waals surface area (Å²) in [5.41, 5.74) is 0.628. The van der Waals surface area contributed by atoms with Crippen molar-refractivity contribution in [2.75, 3.05) is 5.32 Å². The molecule has 1 N–H and O–H groups in total. The average Bonchev–Trinajstić information content (AvgIpc) is 3.21. The lowest BCUT2D eigenvalue weighted by Gasteiger charge is -2.32. The molecule has 0 bridgehead atoms. The summed E-state index contributed by atoms with van der Waals surface area (Å²) in [6.45, 7) is 10.2. The molecule has 1 aromatic rings. The summed E-state index contributed by atoms with van der Waals surface area (Å²) in [7, 11) is -0.513. The summed E-state index contributed by atoms with van der Waals surface area (Å²) in [6, 6.07) is 3.64. The van der Waals surface area contributed by atoms with E-state index >= 15 is 0 Å². The molecule has 0 spiro atoms. The van der Waals surface area contributed by atoms with Gasteiger partial charge in [0.25, 0.3) is 0 Å². The summed E-state index contributed by atoms with van der Waals surface area (Å²) >= 11 is 0. The smallest absolute Gasteiger partial charge is 0.398 e. The van der Waals surface area contributed by atoms with Crippen molar-refractivity contribution < 1.29 is 14.1 Å². The second-order valence-corrected chi connectivity index (χ2v) is 7.56. The van der Waals surface area contributed by atoms with E-state index < -0.39 is 18.3 Å². The third-order valence-electron chi connectivity index (χ3n) is 5.33. The predicted molar refractivity (Wildman–Crippen MR) is 90.5 cm³/mol. The molecular weight excluding hydrogens is 291 g/mol. The molecule has 0 aromatic carbocycles. The quantitative estimate of drug-likeness (QED) is 0.866. The van der Waals surface area contributed by atoms with Crippen LogP contribution < -0.4 is 10.9 Å². The van der Waals surface area contributed by atoms with Gasteiger partial charge in [-0.1, -0.05) is 13.3 Å². The zero-order valence-corrected chi connectivity index (χ0v) is 14.6. The number of nitrogens with zero attached hydrogens (tertiary/aromatic N) is 1. The lowest BCUT2D eigenvalue weighted by molar-refractivity contribution is -0.117. The number of hydrogen-bond acceptors (Lipinski definition) is 4. The Balaban J connectivity index is 1.70. The molecule has 6 heteroatoms. The fourth-order valence-electron chi connectivity index (χ4n) is 2.87. The third-order valence-corrected chi connectivity index (χ3v) is 5.33. The van der Waals surface area contributed by atoms with Crippen LogP contribution in [0.4, 0.5) is 5.69 Å². The molecule has 2 heterocycles. The first-order valence-corrected chi connectivity index (χ1v) is 8.36. The van der Waals surface area contributed by atoms with Gasteiger partial charge in [0.2, 0.25) is 5.91 Å². The Morgan fingerprint density at radius 1 is 1.35 bits per heavy atom. The van der Waals surface area contributed by atoms with Crippen LogP contribution in [0.2, 0.25) is 0 Å². The maximum absolute atomic E-state index is 12.2. The van der Waals surface area contributed by atoms with E-state index in [1.165, 1.54) is 0 Å². The first kappa shape index (κ1) is 16.5. The number of amides is 1. The molecule has 2 atom stereocenters. The van der Waals surface area contributed by atoms with E-state index in [1.54, 1.807) is 12.3 Å². The molecular formula is C17H25BN2O3. The van der Waals surface area contributed by atoms with Gasteiger partial charge in [-0.25, -0.2) is 0 Å². The molecule has 124 valence electrons. The highest BCUT2D eigenvalue weighted by molar-refractivity contribution is 6.61. The van der Waals surface area contributed by atoms with E-state index in [4.69, 9.17) is 9.31 Å². The van der Waals surface area contributed by atoms with Crippen molar-refractivity contribution in [2.24, 2.45) is 11.8 Å². The number of nitrogens with one attached hydrogen (secondary N) is 1. The summed E-state index contributed by atoms with van der Waals surface area (Å²) < 4.78 is 12.0. The standard InChI is InChI=1S/C17H25BN2O3/c1-6-11-9-13(11)15(21)20-12-7-8-19-14(10-12)18-22-16(2,3)17(4,5)23-18/h7-8,10-11,13H,6,9H2,1-5H3,(H,19,20,21). The topological polar surface area (TPSA) is 60.5 Å². The van der Waals surface area contributed by atoms with Crippen LogP contribution in [0.1, 0.15) is 47.5 Å². The van der Waals surface area contributed by atoms with Crippen molar-refractivity contribution >= 4 is 24.3 Å². The van der Waals surface area contributed by atoms with Gasteiger partial charge in [0.05, 0.1) is 16.8 Å². The first-order valence-electron chi connectivity index (χ1n) is 8.36. The van der Waals surface area contributed by atoms with Crippen molar-refractivity contribution in [3.05, 3.63) is 18.3 Å². The Labute approximate surface area is 138 Å². The Kier molecular flexibility index (Phi) is 4.01. The van der Waals surface area contributed by atoms with Gasteiger partial charge in [0.15, 0.2) is 0 Å². The molecule has 1 aliphatic carbocycles. The summed E-state index contributed by atoms with van der Waals surface area (Å²) in [5, 5.41) is 2.98. The summed E-state index contributed by atoms with van der Waals surface area (Å²) in [4.78, 5) is 16.5. The Morgan fingerprint density at radius 3 is 2.57 bits per heavy atom. The number of aromatic nitrogens is 1. The highest BCUT2D eigenvalue weighted by atomic mass is 16.7. The lowest BCUT2D eigenvalue weighted by Crippen LogP contribution is -2.41. The first-order chi connectivity index (χ1) is 10.7. The molecule has 3 rings (SSSR count). The van der Waals surface area contributed by atoms with Gasteiger partial charge in [-0.3, -0.25) is 9.78 Å². The Hall–Kier alpha value is -1.40. The Morgan fingerprint density at radius 2 is 2.00 bits per heavy atom. The van der Waals surface area contributed by atoms with Gasteiger partial charge in [-0.15, -0.1) is 0 Å². The second kappa shape index (κ2) is 5.60. The monoisotopic (exact) mass is 316 g/mol. The minimum Gasteiger partial charge on any atom is -0.398 e. The summed E-state index contributed by atoms with van der Waals surface area (Å²) in [6.07, 6.45) is 3.74. The van der Waals surface area contributed by atoms with Gasteiger partial charge in [-0.2, -0.15) is 0 Å². The fourth-order valence-corrected chi connectivity index (χ4v) is 2.87. The van der Waals surface area contributed by atoms with Gasteiger partial charge < -0.3 is 14.6 Å². The average molecular weight is 316 g/mol. The molecule has 1 saturated carbocycles. The predicted octanol–water partition coefficient (Wildman–Crippen LogP) is 2.37. The third kappa shape index (κ3) is 3.15. The van der Waals surface area contributed by atoms with Crippen molar-refractivity contribution in [3.63, 3.8) is 0 Å². The lowest BCUT2D eigenvalue weighted by atomic mass is 9.84. The molecule has 23 heavy (non-hydrogen) atoms. The van der Waals surface area contributed by atoms with E-state index in [0.29, 0.717) is 11.5 Å². The minimum atomic E-state index is -0.513. The van der Waals surface area contributed by atoms with Crippen LogP contribution in [0.15, 0.2) is 18.3 Å². The van der Waals surface area contributed by atoms with E-state index in [2.05, 4.69) is 17.2 Å². The van der Waals surface area contributed by atoms with E-state index in [0.717, 1.165) is 18.5 Å². The number of rotatable bonds is 4. The SMILES string of the molecule is CCC1CC1C(=O)Nc1ccnc(B2OC(C)(C)C(C)(C)O2)c1. The zero-order valence-electron chi connectivity index (χ0n) is 14.6. The van der Waals surface area contributed by atoms with Crippen LogP contribution in [0.3, 0.4) is 0 Å². The van der Waals surface area contributed by atoms with Crippen LogP contribution in [-0.4, -0.2) is 29.2 Å². The van der Waals surface area contributed by atoms with Crippen LogP contribution >= 0.6 is 0 Å². The normalized spacial score (nSPS) is 27.8. The second-order valence-electron chi connectivity index (χ2n) is 7.56. The van der Waals surface area contributed by atoms with Crippen molar-refractivity contribution in [1.29, 1.82) is 0 Å². The van der Waals surface area contributed by atoms with Gasteiger partial charge in [0, 0.05) is 17.8 Å². The zero-order chi connectivity index (χ0) is 16.8. The number of hydrogen-bond donors (Lipinski definition) is 1. The number of pyridine rings is 1. The maximum atomic E-state index is 12.2. The molecule has 1 aliphatic heterocycles. The minimum absolute atomic E-state index is 0.0999. The largest absolute Gasteiger partial charge is 0.514 e. The van der Waals surface area contributed by atoms with Crippen LogP contribution in [0.5, 0.6) is 0 Å². The van der Waals surface area contributed by atoms with E-state index in [-0.39, 0.29) is 11.8 Å². The number of carbonyl (C=O) groups is 1. The van der Waals surface area contributed by atoms with E-state index in [9.17, 15) is 4.79 Å². The Bertz CT molecular complexity index is 602. The van der Waals surface area contributed by atoms with Gasteiger partial charge >= 0.3 is 7.12 Å². The molecule has 2 fully saturated rings. The highest BCUT2D eigenvalue weighted by Gasteiger charge is 2.52. The van der Waals surface area contributed by atoms with Crippen LogP contribution in [0, 0.1) is 11.8 Å². The fraction of sp³-hybridized carbons (Fsp3) is 0.647.